The van der Waals surface area contributed by atoms with Gasteiger partial charge >= 0.3 is 6.03 Å². The van der Waals surface area contributed by atoms with E-state index in [1.165, 1.54) is 0 Å². The highest BCUT2D eigenvalue weighted by atomic mass is 16.5. The predicted octanol–water partition coefficient (Wildman–Crippen LogP) is 1.95. The number of unbranched alkanes of at least 4 members (excludes halogenated alkanes) is 2. The summed E-state index contributed by atoms with van der Waals surface area (Å²) in [5.41, 5.74) is 6.06. The van der Waals surface area contributed by atoms with Gasteiger partial charge in [0.05, 0.1) is 12.8 Å². The van der Waals surface area contributed by atoms with Gasteiger partial charge in [0.25, 0.3) is 0 Å². The van der Waals surface area contributed by atoms with E-state index in [1.807, 2.05) is 12.1 Å². The summed E-state index contributed by atoms with van der Waals surface area (Å²) in [5.74, 6) is 0.649. The van der Waals surface area contributed by atoms with Crippen LogP contribution in [0.1, 0.15) is 19.3 Å². The third-order valence-corrected chi connectivity index (χ3v) is 2.52. The van der Waals surface area contributed by atoms with Gasteiger partial charge in [0.1, 0.15) is 5.75 Å². The maximum atomic E-state index is 11.6. The molecule has 0 aromatic heterocycles. The molecule has 0 atom stereocenters. The van der Waals surface area contributed by atoms with E-state index in [2.05, 4.69) is 10.6 Å². The van der Waals surface area contributed by atoms with Crippen LogP contribution in [0.2, 0.25) is 0 Å². The van der Waals surface area contributed by atoms with E-state index in [0.29, 0.717) is 24.5 Å². The average molecular weight is 251 g/mol. The summed E-state index contributed by atoms with van der Waals surface area (Å²) in [6.07, 6.45) is 2.97. The Morgan fingerprint density at radius 2 is 2.06 bits per heavy atom. The molecule has 0 aliphatic carbocycles. The van der Waals surface area contributed by atoms with Crippen LogP contribution in [0, 0.1) is 0 Å². The van der Waals surface area contributed by atoms with Crippen LogP contribution >= 0.6 is 0 Å². The molecule has 0 heterocycles. The number of carbonyl (C=O) groups is 1. The fraction of sp³-hybridized carbons (Fsp3) is 0.462. The lowest BCUT2D eigenvalue weighted by Gasteiger charge is -2.10. The number of anilines is 1. The minimum Gasteiger partial charge on any atom is -0.495 e. The Kier molecular flexibility index (Phi) is 6.64. The smallest absolute Gasteiger partial charge is 0.319 e. The average Bonchev–Trinajstić information content (AvgIpc) is 2.39. The quantitative estimate of drug-likeness (QED) is 0.648. The van der Waals surface area contributed by atoms with Crippen molar-refractivity contribution in [1.82, 2.24) is 5.32 Å². The first-order chi connectivity index (χ1) is 8.77. The summed E-state index contributed by atoms with van der Waals surface area (Å²) >= 11 is 0. The molecule has 0 bridgehead atoms. The van der Waals surface area contributed by atoms with Crippen molar-refractivity contribution in [3.8, 4) is 5.75 Å². The van der Waals surface area contributed by atoms with Gasteiger partial charge < -0.3 is 21.1 Å². The molecule has 0 aliphatic rings. The minimum atomic E-state index is -0.216. The van der Waals surface area contributed by atoms with E-state index < -0.39 is 0 Å². The Balaban J connectivity index is 2.31. The van der Waals surface area contributed by atoms with Gasteiger partial charge in [0.15, 0.2) is 0 Å². The Morgan fingerprint density at radius 1 is 1.28 bits per heavy atom. The molecule has 100 valence electrons. The van der Waals surface area contributed by atoms with E-state index in [0.717, 1.165) is 19.3 Å². The van der Waals surface area contributed by atoms with Crippen LogP contribution in [0.25, 0.3) is 0 Å². The number of ether oxygens (including phenoxy) is 1. The largest absolute Gasteiger partial charge is 0.495 e. The van der Waals surface area contributed by atoms with Gasteiger partial charge in [-0.1, -0.05) is 18.6 Å². The van der Waals surface area contributed by atoms with Crippen molar-refractivity contribution < 1.29 is 9.53 Å². The lowest BCUT2D eigenvalue weighted by atomic mass is 10.2. The van der Waals surface area contributed by atoms with Gasteiger partial charge in [0.2, 0.25) is 0 Å². The maximum Gasteiger partial charge on any atom is 0.319 e. The molecule has 1 rings (SSSR count). The summed E-state index contributed by atoms with van der Waals surface area (Å²) in [6, 6.07) is 7.09. The molecule has 4 N–H and O–H groups in total. The standard InChI is InChI=1S/C13H21N3O2/c1-18-12-8-4-3-7-11(12)16-13(17)15-10-6-2-5-9-14/h3-4,7-8H,2,5-6,9-10,14H2,1H3,(H2,15,16,17). The van der Waals surface area contributed by atoms with Gasteiger partial charge in [-0.3, -0.25) is 0 Å². The molecule has 0 aliphatic heterocycles. The summed E-state index contributed by atoms with van der Waals surface area (Å²) in [4.78, 5) is 11.6. The number of rotatable bonds is 7. The predicted molar refractivity (Wildman–Crippen MR) is 72.9 cm³/mol. The SMILES string of the molecule is COc1ccccc1NC(=O)NCCCCCN. The number of hydrogen-bond donors (Lipinski definition) is 3. The fourth-order valence-electron chi connectivity index (χ4n) is 1.56. The molecule has 0 radical (unpaired) electrons. The molecule has 1 aromatic carbocycles. The van der Waals surface area contributed by atoms with Crippen molar-refractivity contribution in [2.75, 3.05) is 25.5 Å². The molecule has 0 saturated carbocycles. The Morgan fingerprint density at radius 3 is 2.78 bits per heavy atom. The number of nitrogens with two attached hydrogens (primary N) is 1. The van der Waals surface area contributed by atoms with E-state index in [9.17, 15) is 4.79 Å². The first-order valence-electron chi connectivity index (χ1n) is 6.16. The van der Waals surface area contributed by atoms with Crippen molar-refractivity contribution in [2.24, 2.45) is 5.73 Å². The molecule has 5 nitrogen and oxygen atoms in total. The van der Waals surface area contributed by atoms with Crippen LogP contribution in [0.3, 0.4) is 0 Å². The van der Waals surface area contributed by atoms with Crippen molar-refractivity contribution in [3.05, 3.63) is 24.3 Å². The topological polar surface area (TPSA) is 76.4 Å². The fourth-order valence-corrected chi connectivity index (χ4v) is 1.56. The van der Waals surface area contributed by atoms with E-state index in [4.69, 9.17) is 10.5 Å². The zero-order valence-electron chi connectivity index (χ0n) is 10.7. The monoisotopic (exact) mass is 251 g/mol. The molecule has 0 saturated heterocycles. The van der Waals surface area contributed by atoms with Gasteiger partial charge in [-0.15, -0.1) is 0 Å². The number of benzene rings is 1. The Bertz CT molecular complexity index is 369. The number of para-hydroxylation sites is 2. The molecule has 5 heteroatoms. The molecule has 0 unspecified atom stereocenters. The number of urea groups is 1. The third-order valence-electron chi connectivity index (χ3n) is 2.52. The molecule has 0 spiro atoms. The van der Waals surface area contributed by atoms with E-state index in [-0.39, 0.29) is 6.03 Å². The van der Waals surface area contributed by atoms with Gasteiger partial charge in [0, 0.05) is 6.54 Å². The van der Waals surface area contributed by atoms with Crippen LogP contribution in [-0.4, -0.2) is 26.2 Å². The number of nitrogens with one attached hydrogen (secondary N) is 2. The second-order valence-electron chi connectivity index (χ2n) is 3.93. The van der Waals surface area contributed by atoms with Crippen LogP contribution < -0.4 is 21.1 Å². The molecule has 2 amide bonds. The molecule has 18 heavy (non-hydrogen) atoms. The zero-order valence-corrected chi connectivity index (χ0v) is 10.7. The van der Waals surface area contributed by atoms with Gasteiger partial charge in [-0.2, -0.15) is 0 Å². The highest BCUT2D eigenvalue weighted by Gasteiger charge is 2.05. The van der Waals surface area contributed by atoms with Crippen LogP contribution in [0.15, 0.2) is 24.3 Å². The normalized spacial score (nSPS) is 9.89. The summed E-state index contributed by atoms with van der Waals surface area (Å²) in [7, 11) is 1.57. The summed E-state index contributed by atoms with van der Waals surface area (Å²) < 4.78 is 5.15. The molecule has 1 aromatic rings. The van der Waals surface area contributed by atoms with Crippen molar-refractivity contribution in [3.63, 3.8) is 0 Å². The first-order valence-corrected chi connectivity index (χ1v) is 6.16. The second-order valence-corrected chi connectivity index (χ2v) is 3.93. The van der Waals surface area contributed by atoms with E-state index >= 15 is 0 Å². The number of methoxy groups -OCH3 is 1. The highest BCUT2D eigenvalue weighted by Crippen LogP contribution is 2.22. The van der Waals surface area contributed by atoms with E-state index in [1.54, 1.807) is 19.2 Å². The first kappa shape index (κ1) is 14.3. The Hall–Kier alpha value is -1.75. The molecule has 0 fully saturated rings. The van der Waals surface area contributed by atoms with Gasteiger partial charge in [-0.05, 0) is 31.5 Å². The lowest BCUT2D eigenvalue weighted by Crippen LogP contribution is -2.29. The molecular weight excluding hydrogens is 230 g/mol. The van der Waals surface area contributed by atoms with Crippen molar-refractivity contribution >= 4 is 11.7 Å². The number of hydrogen-bond acceptors (Lipinski definition) is 3. The summed E-state index contributed by atoms with van der Waals surface area (Å²) in [5, 5.41) is 5.55. The molecular formula is C13H21N3O2. The van der Waals surface area contributed by atoms with Gasteiger partial charge in [-0.25, -0.2) is 4.79 Å². The second kappa shape index (κ2) is 8.36. The number of carbonyl (C=O) groups excluding carboxylic acids is 1. The lowest BCUT2D eigenvalue weighted by molar-refractivity contribution is 0.251. The Labute approximate surface area is 108 Å². The van der Waals surface area contributed by atoms with Crippen LogP contribution in [-0.2, 0) is 0 Å². The summed E-state index contributed by atoms with van der Waals surface area (Å²) in [6.45, 7) is 1.36. The maximum absolute atomic E-state index is 11.6. The highest BCUT2D eigenvalue weighted by molar-refractivity contribution is 5.90. The van der Waals surface area contributed by atoms with Crippen molar-refractivity contribution in [2.45, 2.75) is 19.3 Å². The van der Waals surface area contributed by atoms with Crippen molar-refractivity contribution in [1.29, 1.82) is 0 Å². The third kappa shape index (κ3) is 5.05. The zero-order chi connectivity index (χ0) is 13.2. The van der Waals surface area contributed by atoms with Crippen LogP contribution in [0.4, 0.5) is 10.5 Å². The minimum absolute atomic E-state index is 0.216. The van der Waals surface area contributed by atoms with Crippen LogP contribution in [0.5, 0.6) is 5.75 Å². The number of amides is 2.